The Balaban J connectivity index is 0.000000316. The summed E-state index contributed by atoms with van der Waals surface area (Å²) in [6.45, 7) is 9.89. The van der Waals surface area contributed by atoms with Gasteiger partial charge in [0.05, 0.1) is 18.6 Å². The number of carbonyl (C=O) groups is 3. The highest BCUT2D eigenvalue weighted by atomic mass is 16.5. The third-order valence-electron chi connectivity index (χ3n) is 9.26. The second-order valence-electron chi connectivity index (χ2n) is 12.4. The van der Waals surface area contributed by atoms with Crippen LogP contribution in [0.15, 0.2) is 34.5 Å². The Morgan fingerprint density at radius 2 is 1.67 bits per heavy atom. The quantitative estimate of drug-likeness (QED) is 0.166. The molecule has 2 saturated heterocycles. The Kier molecular flexibility index (Phi) is 15.2. The number of piperidine rings is 1. The van der Waals surface area contributed by atoms with E-state index in [1.54, 1.807) is 10.5 Å². The van der Waals surface area contributed by atoms with Crippen LogP contribution in [0.4, 0.5) is 0 Å². The van der Waals surface area contributed by atoms with Crippen molar-refractivity contribution >= 4 is 23.4 Å². The van der Waals surface area contributed by atoms with Gasteiger partial charge >= 0.3 is 5.97 Å². The molecule has 1 spiro atoms. The first-order valence-corrected chi connectivity index (χ1v) is 16.2. The molecular weight excluding hydrogens is 538 g/mol. The first kappa shape index (κ1) is 36.2. The van der Waals surface area contributed by atoms with Crippen LogP contribution in [0, 0.1) is 19.3 Å². The van der Waals surface area contributed by atoms with Crippen molar-refractivity contribution < 1.29 is 19.1 Å². The number of Topliss-reactive ketones (excluding diaryl/α,β-unsaturated/α-hetero) is 1. The number of amides is 1. The van der Waals surface area contributed by atoms with Crippen molar-refractivity contribution in [3.8, 4) is 0 Å². The average molecular weight is 596 g/mol. The molecule has 1 amide bonds. The summed E-state index contributed by atoms with van der Waals surface area (Å²) in [4.78, 5) is 41.9. The van der Waals surface area contributed by atoms with Gasteiger partial charge in [-0.3, -0.25) is 19.4 Å². The number of carbonyl (C=O) groups excluding carboxylic acids is 3. The van der Waals surface area contributed by atoms with Gasteiger partial charge in [0.2, 0.25) is 0 Å². The predicted octanol–water partition coefficient (Wildman–Crippen LogP) is 7.20. The minimum Gasteiger partial charge on any atom is -0.465 e. The maximum absolute atomic E-state index is 12.8. The van der Waals surface area contributed by atoms with E-state index in [0.717, 1.165) is 37.0 Å². The summed E-state index contributed by atoms with van der Waals surface area (Å²) >= 11 is 0. The first-order valence-electron chi connectivity index (χ1n) is 16.2. The lowest BCUT2D eigenvalue weighted by Gasteiger charge is -2.36. The molecule has 2 N–H and O–H groups in total. The number of ketones is 1. The van der Waals surface area contributed by atoms with Gasteiger partial charge in [0.1, 0.15) is 5.70 Å². The smallest absolute Gasteiger partial charge is 0.312 e. The highest BCUT2D eigenvalue weighted by molar-refractivity contribution is 6.09. The number of hydrogen-bond donors (Lipinski definition) is 1. The number of aliphatic imine (C=N–C) groups is 1. The molecule has 2 heterocycles. The van der Waals surface area contributed by atoms with E-state index in [-0.39, 0.29) is 37.3 Å². The molecule has 7 heteroatoms. The largest absolute Gasteiger partial charge is 0.465 e. The van der Waals surface area contributed by atoms with Gasteiger partial charge in [0.15, 0.2) is 5.78 Å². The van der Waals surface area contributed by atoms with Crippen LogP contribution in [0.25, 0.3) is 0 Å². The molecule has 1 aromatic carbocycles. The standard InChI is InChI=1S/C18H25N3O4.C17H28.CH4/c1-12(22)11-20-14-4-2-3-13(14)15(19)16(23)21-8-5-18(6-9-21)7-10-25-17(18)24;1-4-5-6-7-8-9-10-13-17-14-11-12-15(2)16(17)3;/h2-11,19H2,1H3;11-12,14H,4-10,13H2,1-3H3;1H4/b15-13-,20-14?;;. The van der Waals surface area contributed by atoms with Crippen LogP contribution in [-0.2, 0) is 25.5 Å². The van der Waals surface area contributed by atoms with Crippen LogP contribution >= 0.6 is 0 Å². The van der Waals surface area contributed by atoms with Gasteiger partial charge in [-0.05, 0) is 88.8 Å². The van der Waals surface area contributed by atoms with Crippen molar-refractivity contribution in [2.75, 3.05) is 26.2 Å². The molecule has 0 atom stereocenters. The minimum absolute atomic E-state index is 0. The number of allylic oxidation sites excluding steroid dienone is 1. The summed E-state index contributed by atoms with van der Waals surface area (Å²) in [6, 6.07) is 6.70. The van der Waals surface area contributed by atoms with Crippen molar-refractivity contribution in [2.24, 2.45) is 16.1 Å². The van der Waals surface area contributed by atoms with Gasteiger partial charge in [0.25, 0.3) is 5.91 Å². The van der Waals surface area contributed by atoms with Crippen LogP contribution in [0.3, 0.4) is 0 Å². The number of nitrogens with zero attached hydrogens (tertiary/aromatic N) is 2. The van der Waals surface area contributed by atoms with E-state index in [2.05, 4.69) is 44.0 Å². The van der Waals surface area contributed by atoms with Gasteiger partial charge in [0, 0.05) is 24.4 Å². The normalized spacial score (nSPS) is 19.5. The molecule has 0 unspecified atom stereocenters. The number of esters is 1. The van der Waals surface area contributed by atoms with E-state index in [4.69, 9.17) is 10.5 Å². The van der Waals surface area contributed by atoms with E-state index in [1.165, 1.54) is 69.4 Å². The van der Waals surface area contributed by atoms with E-state index >= 15 is 0 Å². The number of nitrogens with two attached hydrogens (primary N) is 1. The molecule has 1 saturated carbocycles. The van der Waals surface area contributed by atoms with Crippen molar-refractivity contribution in [1.82, 2.24) is 4.90 Å². The fourth-order valence-electron chi connectivity index (χ4n) is 6.24. The third kappa shape index (κ3) is 10.3. The van der Waals surface area contributed by atoms with Crippen LogP contribution in [0.1, 0.15) is 121 Å². The molecule has 3 aliphatic rings. The molecule has 2 aliphatic heterocycles. The SMILES string of the molecule is C.CC(=O)CN=C1CCC/C1=C(/N)C(=O)N1CCC2(CCOC2=O)CC1.CCCCCCCCCc1cccc(C)c1C. The summed E-state index contributed by atoms with van der Waals surface area (Å²) in [5.74, 6) is -0.317. The van der Waals surface area contributed by atoms with Gasteiger partial charge in [-0.15, -0.1) is 0 Å². The number of hydrogen-bond acceptors (Lipinski definition) is 6. The van der Waals surface area contributed by atoms with Gasteiger partial charge in [-0.1, -0.05) is 71.1 Å². The number of rotatable bonds is 11. The molecule has 1 aromatic rings. The maximum Gasteiger partial charge on any atom is 0.312 e. The maximum atomic E-state index is 12.8. The number of unbranched alkanes of at least 4 members (excludes halogenated alkanes) is 6. The lowest BCUT2D eigenvalue weighted by atomic mass is 9.77. The molecule has 43 heavy (non-hydrogen) atoms. The zero-order valence-corrected chi connectivity index (χ0v) is 26.6. The van der Waals surface area contributed by atoms with Gasteiger partial charge in [-0.25, -0.2) is 0 Å². The lowest BCUT2D eigenvalue weighted by molar-refractivity contribution is -0.150. The third-order valence-corrected chi connectivity index (χ3v) is 9.26. The molecule has 0 radical (unpaired) electrons. The Morgan fingerprint density at radius 3 is 2.30 bits per heavy atom. The molecule has 240 valence electrons. The van der Waals surface area contributed by atoms with Crippen LogP contribution in [-0.4, -0.2) is 54.5 Å². The topological polar surface area (TPSA) is 102 Å². The Labute approximate surface area is 260 Å². The zero-order valence-electron chi connectivity index (χ0n) is 26.6. The highest BCUT2D eigenvalue weighted by Gasteiger charge is 2.47. The number of benzene rings is 1. The fourth-order valence-corrected chi connectivity index (χ4v) is 6.24. The molecule has 4 rings (SSSR count). The van der Waals surface area contributed by atoms with E-state index in [1.807, 2.05) is 0 Å². The summed E-state index contributed by atoms with van der Waals surface area (Å²) in [6.07, 6.45) is 15.4. The van der Waals surface area contributed by atoms with E-state index in [9.17, 15) is 14.4 Å². The lowest BCUT2D eigenvalue weighted by Crippen LogP contribution is -2.46. The zero-order chi connectivity index (χ0) is 30.5. The summed E-state index contributed by atoms with van der Waals surface area (Å²) < 4.78 is 5.11. The second-order valence-corrected chi connectivity index (χ2v) is 12.4. The molecule has 1 aliphatic carbocycles. The van der Waals surface area contributed by atoms with Gasteiger partial charge in [-0.2, -0.15) is 0 Å². The fraction of sp³-hybridized carbons (Fsp3) is 0.667. The Morgan fingerprint density at radius 1 is 1.00 bits per heavy atom. The molecule has 3 fully saturated rings. The first-order chi connectivity index (χ1) is 20.2. The number of likely N-dealkylation sites (tertiary alicyclic amines) is 1. The van der Waals surface area contributed by atoms with Crippen molar-refractivity contribution in [2.45, 2.75) is 125 Å². The monoisotopic (exact) mass is 595 g/mol. The number of cyclic esters (lactones) is 1. The van der Waals surface area contributed by atoms with Crippen LogP contribution in [0.2, 0.25) is 0 Å². The van der Waals surface area contributed by atoms with Crippen LogP contribution < -0.4 is 5.73 Å². The Hall–Kier alpha value is -2.96. The molecule has 7 nitrogen and oxygen atoms in total. The predicted molar refractivity (Wildman–Crippen MR) is 176 cm³/mol. The highest BCUT2D eigenvalue weighted by Crippen LogP contribution is 2.40. The Bertz CT molecular complexity index is 1150. The molecule has 0 bridgehead atoms. The number of ether oxygens (including phenoxy) is 1. The van der Waals surface area contributed by atoms with Crippen LogP contribution in [0.5, 0.6) is 0 Å². The summed E-state index contributed by atoms with van der Waals surface area (Å²) in [7, 11) is 0. The minimum atomic E-state index is -0.403. The molecule has 0 aromatic heterocycles. The summed E-state index contributed by atoms with van der Waals surface area (Å²) in [5.41, 5.74) is 12.0. The van der Waals surface area contributed by atoms with E-state index in [0.29, 0.717) is 32.5 Å². The number of aryl methyl sites for hydroxylation is 2. The van der Waals surface area contributed by atoms with Crippen molar-refractivity contribution in [3.05, 3.63) is 46.2 Å². The second kappa shape index (κ2) is 18.0. The van der Waals surface area contributed by atoms with Crippen molar-refractivity contribution in [1.29, 1.82) is 0 Å². The van der Waals surface area contributed by atoms with Gasteiger partial charge < -0.3 is 15.4 Å². The molecular formula is C36H57N3O4. The van der Waals surface area contributed by atoms with E-state index < -0.39 is 5.41 Å². The average Bonchev–Trinajstić information content (AvgIpc) is 3.60. The summed E-state index contributed by atoms with van der Waals surface area (Å²) in [5, 5.41) is 0. The van der Waals surface area contributed by atoms with Crippen molar-refractivity contribution in [3.63, 3.8) is 0 Å².